The first-order chi connectivity index (χ1) is 12.5. The molecule has 2 N–H and O–H groups in total. The van der Waals surface area contributed by atoms with Gasteiger partial charge in [0, 0.05) is 11.3 Å². The van der Waals surface area contributed by atoms with E-state index in [1.54, 1.807) is 48.5 Å². The van der Waals surface area contributed by atoms with Gasteiger partial charge < -0.3 is 15.4 Å². The Bertz CT molecular complexity index is 859. The van der Waals surface area contributed by atoms with Crippen molar-refractivity contribution in [2.24, 2.45) is 5.92 Å². The van der Waals surface area contributed by atoms with Crippen molar-refractivity contribution in [3.8, 4) is 0 Å². The van der Waals surface area contributed by atoms with Gasteiger partial charge in [-0.2, -0.15) is 0 Å². The van der Waals surface area contributed by atoms with Crippen LogP contribution in [-0.2, 0) is 4.74 Å². The van der Waals surface area contributed by atoms with E-state index in [1.807, 2.05) is 6.07 Å². The molecule has 1 heterocycles. The normalized spacial score (nSPS) is 19.3. The maximum absolute atomic E-state index is 13.0. The topological polar surface area (TPSA) is 84.5 Å². The van der Waals surface area contributed by atoms with Crippen molar-refractivity contribution < 1.29 is 19.1 Å². The third-order valence-corrected chi connectivity index (χ3v) is 4.30. The Kier molecular flexibility index (Phi) is 4.84. The van der Waals surface area contributed by atoms with E-state index in [-0.39, 0.29) is 5.78 Å². The minimum Gasteiger partial charge on any atom is -0.465 e. The third-order valence-electron chi connectivity index (χ3n) is 4.30. The van der Waals surface area contributed by atoms with Gasteiger partial charge in [-0.25, -0.2) is 9.59 Å². The van der Waals surface area contributed by atoms with Crippen molar-refractivity contribution in [3.63, 3.8) is 0 Å². The highest BCUT2D eigenvalue weighted by molar-refractivity contribution is 6.01. The number of hydrogen-bond acceptors (Lipinski definition) is 4. The van der Waals surface area contributed by atoms with Crippen LogP contribution in [0.25, 0.3) is 0 Å². The number of esters is 1. The molecule has 2 aromatic carbocycles. The summed E-state index contributed by atoms with van der Waals surface area (Å²) in [5.41, 5.74) is 1.96. The number of Topliss-reactive ketones (excluding diaryl/α,β-unsaturated/α-hetero) is 1. The lowest BCUT2D eigenvalue weighted by atomic mass is 9.83. The summed E-state index contributed by atoms with van der Waals surface area (Å²) in [4.78, 5) is 36.5. The second-order valence-electron chi connectivity index (χ2n) is 5.92. The zero-order valence-corrected chi connectivity index (χ0v) is 14.2. The molecule has 0 saturated carbocycles. The van der Waals surface area contributed by atoms with Crippen LogP contribution in [0.1, 0.15) is 32.3 Å². The second-order valence-corrected chi connectivity index (χ2v) is 5.92. The molecule has 0 aromatic heterocycles. The molecule has 26 heavy (non-hydrogen) atoms. The van der Waals surface area contributed by atoms with Crippen LogP contribution in [0.2, 0.25) is 0 Å². The van der Waals surface area contributed by atoms with E-state index >= 15 is 0 Å². The van der Waals surface area contributed by atoms with E-state index in [0.717, 1.165) is 0 Å². The summed E-state index contributed by atoms with van der Waals surface area (Å²) in [5.74, 6) is -1.27. The predicted molar refractivity (Wildman–Crippen MR) is 95.6 cm³/mol. The van der Waals surface area contributed by atoms with Crippen LogP contribution in [0.4, 0.5) is 4.79 Å². The lowest BCUT2D eigenvalue weighted by Crippen LogP contribution is -2.50. The Morgan fingerprint density at radius 3 is 2.27 bits per heavy atom. The molecule has 3 rings (SSSR count). The average Bonchev–Trinajstić information content (AvgIpc) is 2.67. The van der Waals surface area contributed by atoms with Gasteiger partial charge in [-0.1, -0.05) is 49.0 Å². The minimum absolute atomic E-state index is 0.148. The number of ether oxygens (including phenoxy) is 1. The summed E-state index contributed by atoms with van der Waals surface area (Å²) in [6.07, 6.45) is 0. The van der Waals surface area contributed by atoms with E-state index < -0.39 is 24.0 Å². The Balaban J connectivity index is 1.96. The van der Waals surface area contributed by atoms with Crippen LogP contribution in [0.5, 0.6) is 0 Å². The van der Waals surface area contributed by atoms with E-state index in [0.29, 0.717) is 22.4 Å². The maximum atomic E-state index is 13.0. The Hall–Kier alpha value is -3.41. The standard InChI is InChI=1S/C20H18N2O4/c1-12-16(18(23)14-6-4-3-5-7-14)17(22-20(25)21-12)13-8-10-15(11-9-13)19(24)26-2/h3-11,16-17H,1H2,2H3,(H2,21,22,25)/t16-,17+/m1/s1. The van der Waals surface area contributed by atoms with Gasteiger partial charge in [0.05, 0.1) is 24.6 Å². The number of benzene rings is 2. The zero-order valence-electron chi connectivity index (χ0n) is 14.2. The fraction of sp³-hybridized carbons (Fsp3) is 0.150. The summed E-state index contributed by atoms with van der Waals surface area (Å²) in [5, 5.41) is 5.36. The number of ketones is 1. The summed E-state index contributed by atoms with van der Waals surface area (Å²) in [7, 11) is 1.31. The highest BCUT2D eigenvalue weighted by Crippen LogP contribution is 2.32. The second kappa shape index (κ2) is 7.23. The Morgan fingerprint density at radius 1 is 1.00 bits per heavy atom. The van der Waals surface area contributed by atoms with Gasteiger partial charge in [-0.05, 0) is 17.7 Å². The number of urea groups is 1. The molecular formula is C20H18N2O4. The van der Waals surface area contributed by atoms with Crippen molar-refractivity contribution >= 4 is 17.8 Å². The minimum atomic E-state index is -0.668. The number of carbonyl (C=O) groups is 3. The van der Waals surface area contributed by atoms with E-state index in [2.05, 4.69) is 21.9 Å². The first-order valence-corrected chi connectivity index (χ1v) is 8.05. The number of amides is 2. The van der Waals surface area contributed by atoms with E-state index in [1.165, 1.54) is 7.11 Å². The molecule has 2 atom stereocenters. The van der Waals surface area contributed by atoms with Gasteiger partial charge in [0.15, 0.2) is 5.78 Å². The molecule has 6 heteroatoms. The van der Waals surface area contributed by atoms with Gasteiger partial charge in [0.2, 0.25) is 0 Å². The van der Waals surface area contributed by atoms with Crippen molar-refractivity contribution in [2.45, 2.75) is 6.04 Å². The van der Waals surface area contributed by atoms with E-state index in [4.69, 9.17) is 0 Å². The molecule has 0 unspecified atom stereocenters. The number of carbonyl (C=O) groups excluding carboxylic acids is 3. The number of methoxy groups -OCH3 is 1. The number of rotatable bonds is 4. The maximum Gasteiger partial charge on any atom is 0.337 e. The fourth-order valence-electron chi connectivity index (χ4n) is 3.00. The van der Waals surface area contributed by atoms with Crippen LogP contribution in [0.3, 0.4) is 0 Å². The summed E-state index contributed by atoms with van der Waals surface area (Å²) in [6, 6.07) is 14.4. The summed E-state index contributed by atoms with van der Waals surface area (Å²) < 4.78 is 4.69. The van der Waals surface area contributed by atoms with Gasteiger partial charge in [-0.3, -0.25) is 4.79 Å². The first kappa shape index (κ1) is 17.4. The first-order valence-electron chi connectivity index (χ1n) is 8.05. The number of nitrogens with one attached hydrogen (secondary N) is 2. The molecule has 2 amide bonds. The summed E-state index contributed by atoms with van der Waals surface area (Å²) in [6.45, 7) is 3.86. The molecule has 1 saturated heterocycles. The third kappa shape index (κ3) is 3.35. The lowest BCUT2D eigenvalue weighted by Gasteiger charge is -2.34. The summed E-state index contributed by atoms with van der Waals surface area (Å²) >= 11 is 0. The molecule has 1 aliphatic heterocycles. The van der Waals surface area contributed by atoms with Crippen LogP contribution in [0, 0.1) is 5.92 Å². The fourth-order valence-corrected chi connectivity index (χ4v) is 3.00. The lowest BCUT2D eigenvalue weighted by molar-refractivity contribution is 0.0600. The highest BCUT2D eigenvalue weighted by atomic mass is 16.5. The van der Waals surface area contributed by atoms with Gasteiger partial charge in [-0.15, -0.1) is 0 Å². The highest BCUT2D eigenvalue weighted by Gasteiger charge is 2.38. The molecule has 0 bridgehead atoms. The molecule has 1 aliphatic rings. The largest absolute Gasteiger partial charge is 0.465 e. The molecule has 6 nitrogen and oxygen atoms in total. The van der Waals surface area contributed by atoms with Crippen molar-refractivity contribution in [1.29, 1.82) is 0 Å². The molecule has 0 aliphatic carbocycles. The SMILES string of the molecule is C=C1NC(=O)N[C@@H](c2ccc(C(=O)OC)cc2)[C@@H]1C(=O)c1ccccc1. The molecule has 1 fully saturated rings. The zero-order chi connectivity index (χ0) is 18.7. The smallest absolute Gasteiger partial charge is 0.337 e. The number of hydrogen-bond donors (Lipinski definition) is 2. The van der Waals surface area contributed by atoms with Crippen molar-refractivity contribution in [2.75, 3.05) is 7.11 Å². The van der Waals surface area contributed by atoms with Crippen LogP contribution in [0.15, 0.2) is 66.9 Å². The van der Waals surface area contributed by atoms with Crippen molar-refractivity contribution in [3.05, 3.63) is 83.6 Å². The Labute approximate surface area is 150 Å². The van der Waals surface area contributed by atoms with Crippen LogP contribution in [-0.4, -0.2) is 24.9 Å². The van der Waals surface area contributed by atoms with Crippen LogP contribution >= 0.6 is 0 Å². The average molecular weight is 350 g/mol. The monoisotopic (exact) mass is 350 g/mol. The molecule has 2 aromatic rings. The molecule has 0 radical (unpaired) electrons. The van der Waals surface area contributed by atoms with Gasteiger partial charge in [0.1, 0.15) is 0 Å². The predicted octanol–water partition coefficient (Wildman–Crippen LogP) is 2.84. The molecule has 0 spiro atoms. The van der Waals surface area contributed by atoms with Gasteiger partial charge in [0.25, 0.3) is 0 Å². The van der Waals surface area contributed by atoms with Crippen LogP contribution < -0.4 is 10.6 Å². The molecule has 132 valence electrons. The Morgan fingerprint density at radius 2 is 1.65 bits per heavy atom. The quantitative estimate of drug-likeness (QED) is 0.656. The van der Waals surface area contributed by atoms with E-state index in [9.17, 15) is 14.4 Å². The van der Waals surface area contributed by atoms with Crippen molar-refractivity contribution in [1.82, 2.24) is 10.6 Å². The molecular weight excluding hydrogens is 332 g/mol. The van der Waals surface area contributed by atoms with Gasteiger partial charge >= 0.3 is 12.0 Å².